The zero-order chi connectivity index (χ0) is 21.4. The standard InChI is InChI=1S/C23H26N6OS/c1-15-18-8-5-11-28(13-17-7-3-4-10-24-17)22(18)27-21(26-15)19-9-6-12-29(19)23(30)20-16(2)25-14-31-20/h3-4,7,10,14,19H,5-6,8-9,11-13H2,1-2H3/t19-/m1/s1. The first-order valence-electron chi connectivity index (χ1n) is 10.8. The maximum Gasteiger partial charge on any atom is 0.266 e. The van der Waals surface area contributed by atoms with E-state index >= 15 is 0 Å². The van der Waals surface area contributed by atoms with E-state index in [1.807, 2.05) is 30.2 Å². The molecule has 8 heteroatoms. The Labute approximate surface area is 186 Å². The quantitative estimate of drug-likeness (QED) is 0.620. The second kappa shape index (κ2) is 8.34. The van der Waals surface area contributed by atoms with Gasteiger partial charge in [0.1, 0.15) is 10.7 Å². The van der Waals surface area contributed by atoms with Gasteiger partial charge in [0.2, 0.25) is 0 Å². The van der Waals surface area contributed by atoms with E-state index in [-0.39, 0.29) is 11.9 Å². The minimum Gasteiger partial charge on any atom is -0.350 e. The molecular weight excluding hydrogens is 408 g/mol. The molecular formula is C23H26N6OS. The number of hydrogen-bond donors (Lipinski definition) is 0. The molecule has 0 aliphatic carbocycles. The van der Waals surface area contributed by atoms with Crippen molar-refractivity contribution in [2.75, 3.05) is 18.0 Å². The number of carbonyl (C=O) groups excluding carboxylic acids is 1. The summed E-state index contributed by atoms with van der Waals surface area (Å²) in [5.74, 6) is 1.82. The van der Waals surface area contributed by atoms with Crippen LogP contribution in [-0.4, -0.2) is 43.8 Å². The maximum atomic E-state index is 13.2. The van der Waals surface area contributed by atoms with Gasteiger partial charge in [-0.3, -0.25) is 9.78 Å². The smallest absolute Gasteiger partial charge is 0.266 e. The third-order valence-corrected chi connectivity index (χ3v) is 7.11. The fourth-order valence-electron chi connectivity index (χ4n) is 4.61. The first-order valence-corrected chi connectivity index (χ1v) is 11.7. The van der Waals surface area contributed by atoms with Crippen LogP contribution in [0.5, 0.6) is 0 Å². The molecule has 0 spiro atoms. The average molecular weight is 435 g/mol. The fraction of sp³-hybridized carbons (Fsp3) is 0.435. The number of hydrogen-bond acceptors (Lipinski definition) is 7. The molecule has 1 fully saturated rings. The molecule has 1 saturated heterocycles. The zero-order valence-electron chi connectivity index (χ0n) is 17.9. The predicted molar refractivity (Wildman–Crippen MR) is 120 cm³/mol. The molecule has 1 amide bonds. The molecule has 1 atom stereocenters. The Hall–Kier alpha value is -2.87. The number of amides is 1. The molecule has 31 heavy (non-hydrogen) atoms. The van der Waals surface area contributed by atoms with Crippen LogP contribution in [-0.2, 0) is 13.0 Å². The highest BCUT2D eigenvalue weighted by Gasteiger charge is 2.35. The highest BCUT2D eigenvalue weighted by Crippen LogP contribution is 2.36. The van der Waals surface area contributed by atoms with Crippen LogP contribution >= 0.6 is 11.3 Å². The molecule has 0 N–H and O–H groups in total. The third-order valence-electron chi connectivity index (χ3n) is 6.19. The van der Waals surface area contributed by atoms with Gasteiger partial charge >= 0.3 is 0 Å². The Kier molecular flexibility index (Phi) is 5.40. The highest BCUT2D eigenvalue weighted by molar-refractivity contribution is 7.11. The molecule has 0 aromatic carbocycles. The van der Waals surface area contributed by atoms with Gasteiger partial charge in [-0.2, -0.15) is 0 Å². The van der Waals surface area contributed by atoms with Crippen molar-refractivity contribution in [2.24, 2.45) is 0 Å². The Morgan fingerprint density at radius 2 is 2.03 bits per heavy atom. The first-order chi connectivity index (χ1) is 15.1. The lowest BCUT2D eigenvalue weighted by molar-refractivity contribution is 0.0733. The predicted octanol–water partition coefficient (Wildman–Crippen LogP) is 3.88. The number of nitrogens with zero attached hydrogens (tertiary/aromatic N) is 6. The monoisotopic (exact) mass is 434 g/mol. The van der Waals surface area contributed by atoms with Crippen molar-refractivity contribution in [1.29, 1.82) is 0 Å². The van der Waals surface area contributed by atoms with Crippen molar-refractivity contribution in [1.82, 2.24) is 24.8 Å². The van der Waals surface area contributed by atoms with Crippen LogP contribution in [0.1, 0.15) is 63.4 Å². The summed E-state index contributed by atoms with van der Waals surface area (Å²) in [6.45, 7) is 6.38. The molecule has 0 radical (unpaired) electrons. The van der Waals surface area contributed by atoms with Gasteiger partial charge < -0.3 is 9.80 Å². The zero-order valence-corrected chi connectivity index (χ0v) is 18.7. The number of likely N-dealkylation sites (tertiary alicyclic amines) is 1. The van der Waals surface area contributed by atoms with Gasteiger partial charge in [-0.05, 0) is 51.7 Å². The van der Waals surface area contributed by atoms with Gasteiger partial charge in [-0.15, -0.1) is 11.3 Å². The number of fused-ring (bicyclic) bond motifs is 1. The van der Waals surface area contributed by atoms with Gasteiger partial charge in [0.15, 0.2) is 5.82 Å². The number of rotatable bonds is 4. The highest BCUT2D eigenvalue weighted by atomic mass is 32.1. The molecule has 5 heterocycles. The number of aromatic nitrogens is 4. The topological polar surface area (TPSA) is 75.1 Å². The minimum atomic E-state index is -0.0865. The van der Waals surface area contributed by atoms with Crippen molar-refractivity contribution in [2.45, 2.75) is 52.1 Å². The summed E-state index contributed by atoms with van der Waals surface area (Å²) < 4.78 is 0. The van der Waals surface area contributed by atoms with Gasteiger partial charge in [-0.1, -0.05) is 6.07 Å². The molecule has 2 aliphatic rings. The molecule has 5 rings (SSSR count). The third kappa shape index (κ3) is 3.80. The van der Waals surface area contributed by atoms with Crippen LogP contribution < -0.4 is 4.90 Å². The van der Waals surface area contributed by atoms with Gasteiger partial charge in [0.05, 0.1) is 29.5 Å². The van der Waals surface area contributed by atoms with Crippen LogP contribution in [0.3, 0.4) is 0 Å². The van der Waals surface area contributed by atoms with E-state index in [2.05, 4.69) is 27.9 Å². The lowest BCUT2D eigenvalue weighted by Crippen LogP contribution is -2.34. The summed E-state index contributed by atoms with van der Waals surface area (Å²) in [6, 6.07) is 5.93. The fourth-order valence-corrected chi connectivity index (χ4v) is 5.37. The molecule has 2 aliphatic heterocycles. The van der Waals surface area contributed by atoms with Crippen molar-refractivity contribution < 1.29 is 4.79 Å². The van der Waals surface area contributed by atoms with Gasteiger partial charge in [-0.25, -0.2) is 15.0 Å². The molecule has 7 nitrogen and oxygen atoms in total. The molecule has 3 aromatic heterocycles. The van der Waals surface area contributed by atoms with Crippen LogP contribution in [0, 0.1) is 13.8 Å². The van der Waals surface area contributed by atoms with Crippen molar-refractivity contribution in [3.8, 4) is 0 Å². The largest absolute Gasteiger partial charge is 0.350 e. The molecule has 0 bridgehead atoms. The second-order valence-corrected chi connectivity index (χ2v) is 9.09. The number of anilines is 1. The van der Waals surface area contributed by atoms with E-state index in [0.29, 0.717) is 0 Å². The molecule has 160 valence electrons. The van der Waals surface area contributed by atoms with E-state index in [1.54, 1.807) is 5.51 Å². The number of thiazole rings is 1. The van der Waals surface area contributed by atoms with Crippen molar-refractivity contribution in [3.63, 3.8) is 0 Å². The molecule has 0 unspecified atom stereocenters. The Balaban J connectivity index is 1.47. The van der Waals surface area contributed by atoms with Crippen LogP contribution in [0.4, 0.5) is 5.82 Å². The van der Waals surface area contributed by atoms with E-state index < -0.39 is 0 Å². The second-order valence-electron chi connectivity index (χ2n) is 8.24. The van der Waals surface area contributed by atoms with Crippen LogP contribution in [0.15, 0.2) is 29.9 Å². The summed E-state index contributed by atoms with van der Waals surface area (Å²) in [5.41, 5.74) is 5.82. The molecule has 0 saturated carbocycles. The lowest BCUT2D eigenvalue weighted by Gasteiger charge is -2.32. The SMILES string of the molecule is Cc1ncsc1C(=O)N1CCC[C@@H]1c1nc(C)c2c(n1)N(Cc1ccccn1)CCC2. The van der Waals surface area contributed by atoms with E-state index in [9.17, 15) is 4.79 Å². The summed E-state index contributed by atoms with van der Waals surface area (Å²) in [7, 11) is 0. The van der Waals surface area contributed by atoms with E-state index in [0.717, 1.165) is 78.9 Å². The summed E-state index contributed by atoms with van der Waals surface area (Å²) >= 11 is 1.41. The Bertz CT molecular complexity index is 1100. The Morgan fingerprint density at radius 1 is 1.13 bits per heavy atom. The van der Waals surface area contributed by atoms with Gasteiger partial charge in [0.25, 0.3) is 5.91 Å². The summed E-state index contributed by atoms with van der Waals surface area (Å²) in [5, 5.41) is 0. The van der Waals surface area contributed by atoms with Crippen molar-refractivity contribution in [3.05, 3.63) is 63.3 Å². The van der Waals surface area contributed by atoms with Crippen molar-refractivity contribution >= 4 is 23.1 Å². The number of aryl methyl sites for hydroxylation is 2. The van der Waals surface area contributed by atoms with E-state index in [4.69, 9.17) is 9.97 Å². The average Bonchev–Trinajstić information content (AvgIpc) is 3.44. The molecule has 3 aromatic rings. The Morgan fingerprint density at radius 3 is 2.81 bits per heavy atom. The lowest BCUT2D eigenvalue weighted by atomic mass is 10.0. The van der Waals surface area contributed by atoms with Gasteiger partial charge in [0, 0.05) is 30.5 Å². The maximum absolute atomic E-state index is 13.2. The summed E-state index contributed by atoms with van der Waals surface area (Å²) in [4.78, 5) is 36.9. The van der Waals surface area contributed by atoms with Crippen LogP contribution in [0.25, 0.3) is 0 Å². The minimum absolute atomic E-state index is 0.0480. The van der Waals surface area contributed by atoms with E-state index in [1.165, 1.54) is 16.9 Å². The number of carbonyl (C=O) groups is 1. The van der Waals surface area contributed by atoms with Crippen LogP contribution in [0.2, 0.25) is 0 Å². The summed E-state index contributed by atoms with van der Waals surface area (Å²) in [6.07, 6.45) is 5.77. The first kappa shape index (κ1) is 20.1. The number of pyridine rings is 1. The normalized spacial score (nSPS) is 18.3.